The van der Waals surface area contributed by atoms with Crippen molar-refractivity contribution in [1.82, 2.24) is 19.9 Å². The van der Waals surface area contributed by atoms with Crippen LogP contribution in [0, 0.1) is 0 Å². The van der Waals surface area contributed by atoms with Gasteiger partial charge in [0.15, 0.2) is 30.2 Å². The first-order chi connectivity index (χ1) is 35.1. The smallest absolute Gasteiger partial charge is 0.356 e. The quantitative estimate of drug-likeness (QED) is 0.0226. The number of rotatable bonds is 17. The number of nitrogens with zero attached hydrogens (tertiary/aromatic N) is 5. The van der Waals surface area contributed by atoms with Crippen LogP contribution in [0.25, 0.3) is 0 Å². The fourth-order valence-corrected chi connectivity index (χ4v) is 10.8. The number of oxime groups is 1. The molecule has 2 aromatic heterocycles. The third-order valence-corrected chi connectivity index (χ3v) is 14.5. The number of fused-ring (bicyclic) bond motifs is 1. The maximum atomic E-state index is 14.8. The molecule has 2 N–H and O–H groups in total. The minimum atomic E-state index is -1.65. The molecule has 0 aliphatic carbocycles. The van der Waals surface area contributed by atoms with Crippen LogP contribution in [0.4, 0.5) is 5.13 Å². The van der Waals surface area contributed by atoms with Gasteiger partial charge < -0.3 is 24.9 Å². The lowest BCUT2D eigenvalue weighted by Gasteiger charge is -2.49. The summed E-state index contributed by atoms with van der Waals surface area (Å²) in [7, 11) is 1.89. The number of amides is 2. The molecular formula is C57H56N7O7S2+. The number of carbonyl (C=O) groups excluding carboxylic acids is 4. The third-order valence-electron chi connectivity index (χ3n) is 12.4. The number of esters is 2. The highest BCUT2D eigenvalue weighted by Gasteiger charge is 2.55. The second kappa shape index (κ2) is 21.1. The highest BCUT2D eigenvalue weighted by Crippen LogP contribution is 2.43. The molecule has 7 aromatic rings. The number of carbonyl (C=O) groups is 4. The summed E-state index contributed by atoms with van der Waals surface area (Å²) in [6.45, 7) is 8.51. The highest BCUT2D eigenvalue weighted by molar-refractivity contribution is 8.00. The van der Waals surface area contributed by atoms with E-state index in [2.05, 4.69) is 15.8 Å². The normalized spacial score (nSPS) is 16.1. The highest BCUT2D eigenvalue weighted by atomic mass is 32.2. The molecule has 2 amide bonds. The molecule has 14 nitrogen and oxygen atoms in total. The Morgan fingerprint density at radius 1 is 0.781 bits per heavy atom. The van der Waals surface area contributed by atoms with Crippen LogP contribution in [0.5, 0.6) is 0 Å². The molecule has 9 rings (SSSR count). The zero-order chi connectivity index (χ0) is 51.3. The Hall–Kier alpha value is -7.82. The molecule has 0 bridgehead atoms. The number of aromatic nitrogens is 3. The molecule has 0 saturated carbocycles. The van der Waals surface area contributed by atoms with E-state index in [0.717, 1.165) is 27.8 Å². The van der Waals surface area contributed by atoms with Gasteiger partial charge in [0.05, 0.1) is 6.20 Å². The third kappa shape index (κ3) is 10.7. The number of aryl methyl sites for hydroxylation is 1. The summed E-state index contributed by atoms with van der Waals surface area (Å²) in [4.78, 5) is 70.0. The number of anilines is 1. The van der Waals surface area contributed by atoms with E-state index >= 15 is 0 Å². The monoisotopic (exact) mass is 1010 g/mol. The van der Waals surface area contributed by atoms with Crippen molar-refractivity contribution in [3.63, 3.8) is 0 Å². The van der Waals surface area contributed by atoms with Crippen LogP contribution in [0.15, 0.2) is 192 Å². The Labute approximate surface area is 432 Å². The molecule has 1 fully saturated rings. The standard InChI is InChI=1S/C57H55N7O7S2/c1-55(2,3)70-53(68)56(4,5)71-61-45(44-37-73-54(58-44)60-57(41-27-16-9-17-28-41,42-29-18-10-19-30-42)43-31-20-11-21-32-43)49(65)59-46-50(66)64-47(40(36-72-51(46)64)35-63-34-22-33-62(63)6)52(67)69-48(38-23-12-7-13-24-38)39-25-14-8-15-26-39/h7-34,37,46,48,51H,35-36H2,1-6H3,(H-,58,59,60,65)/p+1/b61-45-/t46-,51-/m1/s1. The van der Waals surface area contributed by atoms with Crippen LogP contribution in [0.2, 0.25) is 0 Å². The van der Waals surface area contributed by atoms with Crippen molar-refractivity contribution in [2.45, 2.75) is 75.4 Å². The predicted octanol–water partition coefficient (Wildman–Crippen LogP) is 8.70. The molecule has 5 aromatic carbocycles. The van der Waals surface area contributed by atoms with Gasteiger partial charge in [-0.2, -0.15) is 4.68 Å². The fraction of sp³-hybridized carbons (Fsp3) is 0.246. The summed E-state index contributed by atoms with van der Waals surface area (Å²) < 4.78 is 15.9. The number of nitrogens with one attached hydrogen (secondary N) is 2. The molecule has 2 aliphatic rings. The summed E-state index contributed by atoms with van der Waals surface area (Å²) >= 11 is 2.67. The molecule has 4 heterocycles. The zero-order valence-electron chi connectivity index (χ0n) is 41.3. The maximum Gasteiger partial charge on any atom is 0.356 e. The average molecular weight is 1020 g/mol. The minimum absolute atomic E-state index is 0.118. The van der Waals surface area contributed by atoms with Crippen molar-refractivity contribution in [1.29, 1.82) is 0 Å². The maximum absolute atomic E-state index is 14.8. The number of hydrogen-bond donors (Lipinski definition) is 2. The number of thioether (sulfide) groups is 1. The van der Waals surface area contributed by atoms with Crippen molar-refractivity contribution in [2.24, 2.45) is 12.2 Å². The second-order valence-electron chi connectivity index (χ2n) is 19.1. The molecule has 2 aliphatic heterocycles. The van der Waals surface area contributed by atoms with E-state index in [1.54, 1.807) is 26.2 Å². The number of thiazole rings is 1. The molecule has 0 unspecified atom stereocenters. The average Bonchev–Trinajstić information content (AvgIpc) is 4.04. The van der Waals surface area contributed by atoms with Crippen LogP contribution in [-0.4, -0.2) is 72.4 Å². The van der Waals surface area contributed by atoms with E-state index in [-0.39, 0.29) is 17.1 Å². The number of ether oxygens (including phenoxy) is 2. The molecule has 0 spiro atoms. The van der Waals surface area contributed by atoms with Crippen LogP contribution in [-0.2, 0) is 52.6 Å². The lowest BCUT2D eigenvalue weighted by Crippen LogP contribution is -2.71. The summed E-state index contributed by atoms with van der Waals surface area (Å²) in [5, 5.41) is 12.4. The van der Waals surface area contributed by atoms with Crippen LogP contribution < -0.4 is 15.3 Å². The van der Waals surface area contributed by atoms with Gasteiger partial charge in [-0.1, -0.05) is 157 Å². The van der Waals surface area contributed by atoms with E-state index in [1.807, 2.05) is 187 Å². The Balaban J connectivity index is 1.05. The second-order valence-corrected chi connectivity index (χ2v) is 21.1. The number of hydrogen-bond acceptors (Lipinski definition) is 12. The first kappa shape index (κ1) is 50.1. The van der Waals surface area contributed by atoms with Crippen molar-refractivity contribution >= 4 is 57.7 Å². The van der Waals surface area contributed by atoms with E-state index in [9.17, 15) is 19.2 Å². The molecule has 16 heteroatoms. The van der Waals surface area contributed by atoms with E-state index in [4.69, 9.17) is 19.3 Å². The van der Waals surface area contributed by atoms with Crippen molar-refractivity contribution in [3.8, 4) is 0 Å². The van der Waals surface area contributed by atoms with E-state index < -0.39 is 58.0 Å². The summed E-state index contributed by atoms with van der Waals surface area (Å²) in [6.07, 6.45) is 3.01. The Morgan fingerprint density at radius 2 is 1.32 bits per heavy atom. The summed E-state index contributed by atoms with van der Waals surface area (Å²) in [5.74, 6) is -2.33. The van der Waals surface area contributed by atoms with Crippen LogP contribution >= 0.6 is 23.1 Å². The number of β-lactam (4-membered cyclic amide) rings is 1. The predicted molar refractivity (Wildman–Crippen MR) is 281 cm³/mol. The first-order valence-electron chi connectivity index (χ1n) is 23.8. The van der Waals surface area contributed by atoms with Gasteiger partial charge in [0.1, 0.15) is 40.5 Å². The minimum Gasteiger partial charge on any atom is -0.457 e. The van der Waals surface area contributed by atoms with Gasteiger partial charge in [-0.3, -0.25) is 14.5 Å². The largest absolute Gasteiger partial charge is 0.457 e. The lowest BCUT2D eigenvalue weighted by atomic mass is 9.77. The number of benzene rings is 5. The molecule has 0 radical (unpaired) electrons. The van der Waals surface area contributed by atoms with E-state index in [0.29, 0.717) is 23.0 Å². The molecule has 1 saturated heterocycles. The van der Waals surface area contributed by atoms with Crippen molar-refractivity contribution < 1.29 is 38.2 Å². The Morgan fingerprint density at radius 3 is 1.82 bits per heavy atom. The van der Waals surface area contributed by atoms with Gasteiger partial charge in [0, 0.05) is 17.2 Å². The Kier molecular flexibility index (Phi) is 14.5. The first-order valence-corrected chi connectivity index (χ1v) is 25.8. The summed E-state index contributed by atoms with van der Waals surface area (Å²) in [5.41, 5.74) is 1.54. The molecular weight excluding hydrogens is 959 g/mol. The van der Waals surface area contributed by atoms with Gasteiger partial charge in [-0.15, -0.1) is 27.8 Å². The zero-order valence-corrected chi connectivity index (χ0v) is 42.9. The molecule has 372 valence electrons. The van der Waals surface area contributed by atoms with Crippen molar-refractivity contribution in [2.75, 3.05) is 11.1 Å². The van der Waals surface area contributed by atoms with Crippen molar-refractivity contribution in [3.05, 3.63) is 220 Å². The SMILES string of the molecule is C[n+]1cccn1CC1=C(C(=O)OC(c2ccccc2)c2ccccc2)N2C(=O)[C@@H](NC(=O)/C(=N\OC(C)(C)C(=O)OC(C)(C)C)c3csc(NC(c4ccccc4)(c4ccccc4)c4ccccc4)n3)[C@H]2SC1. The molecule has 2 atom stereocenters. The van der Waals surface area contributed by atoms with E-state index in [1.165, 1.54) is 41.8 Å². The Bertz CT molecular complexity index is 3020. The lowest BCUT2D eigenvalue weighted by molar-refractivity contribution is -0.752. The van der Waals surface area contributed by atoms with Gasteiger partial charge in [-0.25, -0.2) is 14.6 Å². The van der Waals surface area contributed by atoms with Gasteiger partial charge in [-0.05, 0) is 68.0 Å². The topological polar surface area (TPSA) is 157 Å². The van der Waals surface area contributed by atoms with Gasteiger partial charge >= 0.3 is 11.9 Å². The summed E-state index contributed by atoms with van der Waals surface area (Å²) in [6, 6.07) is 49.7. The van der Waals surface area contributed by atoms with Gasteiger partial charge in [0.25, 0.3) is 11.8 Å². The van der Waals surface area contributed by atoms with Crippen LogP contribution in [0.3, 0.4) is 0 Å². The molecule has 73 heavy (non-hydrogen) atoms. The van der Waals surface area contributed by atoms with Crippen LogP contribution in [0.1, 0.15) is 74.2 Å². The van der Waals surface area contributed by atoms with Gasteiger partial charge in [0.2, 0.25) is 5.60 Å². The fourth-order valence-electron chi connectivity index (χ4n) is 8.75.